The molecule has 0 N–H and O–H groups in total. The van der Waals surface area contributed by atoms with Crippen LogP contribution in [0.15, 0.2) is 103 Å². The number of nitrogens with zero attached hydrogens (tertiary/aromatic N) is 1. The average Bonchev–Trinajstić information content (AvgIpc) is 3.01. The van der Waals surface area contributed by atoms with Gasteiger partial charge in [0.05, 0.1) is 25.9 Å². The Balaban J connectivity index is 1.48. The van der Waals surface area contributed by atoms with Gasteiger partial charge in [-0.25, -0.2) is 0 Å². The van der Waals surface area contributed by atoms with Gasteiger partial charge in [0, 0.05) is 13.1 Å². The van der Waals surface area contributed by atoms with Gasteiger partial charge >= 0.3 is 0 Å². The summed E-state index contributed by atoms with van der Waals surface area (Å²) in [4.78, 5) is 2.53. The Morgan fingerprint density at radius 2 is 1.12 bits per heavy atom. The molecule has 1 aliphatic rings. The molecule has 4 nitrogen and oxygen atoms in total. The van der Waals surface area contributed by atoms with Crippen molar-refractivity contribution in [2.75, 3.05) is 19.6 Å². The first-order valence-electron chi connectivity index (χ1n) is 15.7. The van der Waals surface area contributed by atoms with Gasteiger partial charge in [-0.3, -0.25) is 4.90 Å². The zero-order valence-corrected chi connectivity index (χ0v) is 24.9. The van der Waals surface area contributed by atoms with Crippen LogP contribution < -0.4 is 0 Å². The van der Waals surface area contributed by atoms with Crippen molar-refractivity contribution in [3.8, 4) is 0 Å². The number of ether oxygens (including phenoxy) is 3. The van der Waals surface area contributed by atoms with Gasteiger partial charge in [-0.15, -0.1) is 0 Å². The van der Waals surface area contributed by atoms with E-state index in [1.54, 1.807) is 0 Å². The van der Waals surface area contributed by atoms with Crippen LogP contribution in [0.3, 0.4) is 0 Å². The van der Waals surface area contributed by atoms with Crippen molar-refractivity contribution in [2.45, 2.75) is 90.0 Å². The Hall–Kier alpha value is -2.76. The highest BCUT2D eigenvalue weighted by Gasteiger charge is 2.33. The standard InChI is InChI=1S/C37H49NO3/c1-2-3-4-5-6-7-17-26-38-27-18-25-35(39-29-32-19-11-8-12-20-32)37(41-31-34-23-15-10-16-24-34)36(28-38)40-30-33-21-13-9-14-22-33/h8-16,18-25,35-37H,2-7,17,26-31H2,1H3/b25-18-/t35-,36+,37+/m1/s1. The van der Waals surface area contributed by atoms with E-state index in [2.05, 4.69) is 96.8 Å². The largest absolute Gasteiger partial charge is 0.369 e. The van der Waals surface area contributed by atoms with Crippen molar-refractivity contribution < 1.29 is 14.2 Å². The Kier molecular flexibility index (Phi) is 14.2. The lowest BCUT2D eigenvalue weighted by Crippen LogP contribution is -2.49. The maximum atomic E-state index is 6.71. The van der Waals surface area contributed by atoms with Gasteiger partial charge in [0.25, 0.3) is 0 Å². The molecular weight excluding hydrogens is 506 g/mol. The molecule has 4 heteroatoms. The van der Waals surface area contributed by atoms with Crippen LogP contribution in [0, 0.1) is 0 Å². The lowest BCUT2D eigenvalue weighted by atomic mass is 10.0. The average molecular weight is 556 g/mol. The van der Waals surface area contributed by atoms with E-state index >= 15 is 0 Å². The summed E-state index contributed by atoms with van der Waals surface area (Å²) in [5, 5.41) is 0. The van der Waals surface area contributed by atoms with E-state index in [0.717, 1.165) is 30.8 Å². The van der Waals surface area contributed by atoms with E-state index in [4.69, 9.17) is 14.2 Å². The SMILES string of the molecule is CCCCCCCCCN1C/C=C\[C@@H](OCc2ccccc2)[C@H](OCc2ccccc2)[C@@H](OCc2ccccc2)C1. The zero-order valence-electron chi connectivity index (χ0n) is 24.9. The molecule has 1 aliphatic heterocycles. The lowest BCUT2D eigenvalue weighted by Gasteiger charge is -2.37. The third-order valence-corrected chi connectivity index (χ3v) is 7.77. The van der Waals surface area contributed by atoms with E-state index in [0.29, 0.717) is 19.8 Å². The zero-order chi connectivity index (χ0) is 28.4. The van der Waals surface area contributed by atoms with Crippen LogP contribution in [-0.4, -0.2) is 42.8 Å². The van der Waals surface area contributed by atoms with Crippen LogP contribution >= 0.6 is 0 Å². The Morgan fingerprint density at radius 3 is 1.71 bits per heavy atom. The number of benzene rings is 3. The van der Waals surface area contributed by atoms with E-state index in [1.807, 2.05) is 18.2 Å². The molecule has 0 bridgehead atoms. The molecule has 0 spiro atoms. The van der Waals surface area contributed by atoms with Crippen molar-refractivity contribution in [3.63, 3.8) is 0 Å². The first-order chi connectivity index (χ1) is 20.3. The van der Waals surface area contributed by atoms with Crippen LogP contribution in [-0.2, 0) is 34.0 Å². The van der Waals surface area contributed by atoms with E-state index < -0.39 is 0 Å². The van der Waals surface area contributed by atoms with Gasteiger partial charge in [0.1, 0.15) is 12.2 Å². The molecule has 0 saturated heterocycles. The molecule has 0 saturated carbocycles. The summed E-state index contributed by atoms with van der Waals surface area (Å²) in [6.07, 6.45) is 13.1. The van der Waals surface area contributed by atoms with Crippen molar-refractivity contribution in [1.29, 1.82) is 0 Å². The Labute approximate surface area is 248 Å². The van der Waals surface area contributed by atoms with Gasteiger partial charge in [0.2, 0.25) is 0 Å². The first kappa shape index (κ1) is 31.2. The van der Waals surface area contributed by atoms with Crippen LogP contribution in [0.5, 0.6) is 0 Å². The summed E-state index contributed by atoms with van der Waals surface area (Å²) >= 11 is 0. The fourth-order valence-electron chi connectivity index (χ4n) is 5.38. The van der Waals surface area contributed by atoms with Gasteiger partial charge in [-0.2, -0.15) is 0 Å². The van der Waals surface area contributed by atoms with E-state index in [-0.39, 0.29) is 18.3 Å². The normalized spacial score (nSPS) is 20.4. The van der Waals surface area contributed by atoms with Crippen molar-refractivity contribution in [2.24, 2.45) is 0 Å². The minimum Gasteiger partial charge on any atom is -0.369 e. The molecule has 0 aliphatic carbocycles. The van der Waals surface area contributed by atoms with Gasteiger partial charge in [-0.1, -0.05) is 149 Å². The quantitative estimate of drug-likeness (QED) is 0.124. The predicted octanol–water partition coefficient (Wildman–Crippen LogP) is 8.37. The third-order valence-electron chi connectivity index (χ3n) is 7.77. The van der Waals surface area contributed by atoms with Crippen LogP contribution in [0.2, 0.25) is 0 Å². The number of unbranched alkanes of at least 4 members (excludes halogenated alkanes) is 6. The molecule has 220 valence electrons. The fourth-order valence-corrected chi connectivity index (χ4v) is 5.38. The van der Waals surface area contributed by atoms with Gasteiger partial charge in [-0.05, 0) is 29.7 Å². The maximum Gasteiger partial charge on any atom is 0.115 e. The van der Waals surface area contributed by atoms with Crippen LogP contribution in [0.25, 0.3) is 0 Å². The van der Waals surface area contributed by atoms with Crippen molar-refractivity contribution >= 4 is 0 Å². The summed E-state index contributed by atoms with van der Waals surface area (Å²) in [6, 6.07) is 31.2. The first-order valence-corrected chi connectivity index (χ1v) is 15.7. The molecule has 3 atom stereocenters. The highest BCUT2D eigenvalue weighted by Crippen LogP contribution is 2.22. The molecule has 0 radical (unpaired) electrons. The summed E-state index contributed by atoms with van der Waals surface area (Å²) in [6.45, 7) is 6.68. The number of hydrogen-bond acceptors (Lipinski definition) is 4. The molecule has 0 unspecified atom stereocenters. The molecule has 41 heavy (non-hydrogen) atoms. The summed E-state index contributed by atoms with van der Waals surface area (Å²) in [5.41, 5.74) is 3.49. The summed E-state index contributed by atoms with van der Waals surface area (Å²) in [7, 11) is 0. The molecule has 0 fully saturated rings. The van der Waals surface area contributed by atoms with Gasteiger partial charge < -0.3 is 14.2 Å². The monoisotopic (exact) mass is 555 g/mol. The summed E-state index contributed by atoms with van der Waals surface area (Å²) in [5.74, 6) is 0. The second-order valence-electron chi connectivity index (χ2n) is 11.2. The molecule has 3 aromatic carbocycles. The molecule has 4 rings (SSSR count). The second kappa shape index (κ2) is 18.6. The predicted molar refractivity (Wildman–Crippen MR) is 169 cm³/mol. The fraction of sp³-hybridized carbons (Fsp3) is 0.459. The number of rotatable bonds is 17. The molecule has 3 aromatic rings. The van der Waals surface area contributed by atoms with Crippen LogP contribution in [0.4, 0.5) is 0 Å². The topological polar surface area (TPSA) is 30.9 Å². The highest BCUT2D eigenvalue weighted by atomic mass is 16.6. The molecule has 0 amide bonds. The van der Waals surface area contributed by atoms with Crippen molar-refractivity contribution in [1.82, 2.24) is 4.90 Å². The molecular formula is C37H49NO3. The van der Waals surface area contributed by atoms with Gasteiger partial charge in [0.15, 0.2) is 0 Å². The maximum absolute atomic E-state index is 6.71. The smallest absolute Gasteiger partial charge is 0.115 e. The van der Waals surface area contributed by atoms with Crippen molar-refractivity contribution in [3.05, 3.63) is 120 Å². The highest BCUT2D eigenvalue weighted by molar-refractivity contribution is 5.16. The second-order valence-corrected chi connectivity index (χ2v) is 11.2. The van der Waals surface area contributed by atoms with E-state index in [9.17, 15) is 0 Å². The van der Waals surface area contributed by atoms with Crippen LogP contribution in [0.1, 0.15) is 68.6 Å². The summed E-state index contributed by atoms with van der Waals surface area (Å²) < 4.78 is 20.0. The Morgan fingerprint density at radius 1 is 0.610 bits per heavy atom. The van der Waals surface area contributed by atoms with E-state index in [1.165, 1.54) is 50.5 Å². The third kappa shape index (κ3) is 11.6. The molecule has 1 heterocycles. The lowest BCUT2D eigenvalue weighted by molar-refractivity contribution is -0.145. The Bertz CT molecular complexity index is 1090. The molecule has 0 aromatic heterocycles. The minimum absolute atomic E-state index is 0.130. The minimum atomic E-state index is -0.240. The number of hydrogen-bond donors (Lipinski definition) is 0.